The summed E-state index contributed by atoms with van der Waals surface area (Å²) >= 11 is 4.94. The van der Waals surface area contributed by atoms with E-state index in [2.05, 4.69) is 15.0 Å². The second-order valence-corrected chi connectivity index (χ2v) is 4.01. The molecule has 0 aliphatic carbocycles. The van der Waals surface area contributed by atoms with Crippen LogP contribution in [0.2, 0.25) is 0 Å². The van der Waals surface area contributed by atoms with Crippen molar-refractivity contribution in [2.24, 2.45) is 0 Å². The molecule has 0 unspecified atom stereocenters. The Bertz CT molecular complexity index is 634. The van der Waals surface area contributed by atoms with Gasteiger partial charge in [-0.3, -0.25) is 4.98 Å². The van der Waals surface area contributed by atoms with Gasteiger partial charge in [0.2, 0.25) is 0 Å². The molecule has 0 aliphatic rings. The molecule has 0 fully saturated rings. The Morgan fingerprint density at radius 1 is 1.33 bits per heavy atom. The lowest BCUT2D eigenvalue weighted by atomic mass is 10.0. The van der Waals surface area contributed by atoms with Crippen LogP contribution in [0.15, 0.2) is 24.8 Å². The Labute approximate surface area is 106 Å². The van der Waals surface area contributed by atoms with Gasteiger partial charge in [0.25, 0.3) is 0 Å². The Morgan fingerprint density at radius 3 is 2.72 bits per heavy atom. The number of alkyl halides is 3. The molecule has 0 aliphatic heterocycles. The van der Waals surface area contributed by atoms with E-state index in [9.17, 15) is 13.2 Å². The highest BCUT2D eigenvalue weighted by atomic mass is 32.1. The van der Waals surface area contributed by atoms with Gasteiger partial charge in [0, 0.05) is 23.5 Å². The van der Waals surface area contributed by atoms with E-state index in [0.29, 0.717) is 5.56 Å². The van der Waals surface area contributed by atoms with Crippen LogP contribution in [-0.2, 0) is 6.18 Å². The van der Waals surface area contributed by atoms with E-state index in [1.165, 1.54) is 6.33 Å². The number of pyridine rings is 1. The average Bonchev–Trinajstić information content (AvgIpc) is 2.32. The van der Waals surface area contributed by atoms with E-state index < -0.39 is 11.7 Å². The van der Waals surface area contributed by atoms with Gasteiger partial charge in [0.1, 0.15) is 4.64 Å². The number of halogens is 3. The van der Waals surface area contributed by atoms with Gasteiger partial charge in [-0.25, -0.2) is 4.98 Å². The predicted octanol–water partition coefficient (Wildman–Crippen LogP) is 3.53. The zero-order chi connectivity index (χ0) is 13.3. The molecule has 2 aromatic heterocycles. The molecule has 2 rings (SSSR count). The smallest absolute Gasteiger partial charge is 0.345 e. The van der Waals surface area contributed by atoms with E-state index in [-0.39, 0.29) is 15.9 Å². The van der Waals surface area contributed by atoms with Crippen molar-refractivity contribution < 1.29 is 13.2 Å². The van der Waals surface area contributed by atoms with Gasteiger partial charge in [0.15, 0.2) is 0 Å². The van der Waals surface area contributed by atoms with Gasteiger partial charge in [-0.05, 0) is 13.0 Å². The molecule has 0 radical (unpaired) electrons. The standard InChI is InChI=1S/C11H8F3N3S/c1-6-9(16-5-17-10(6)18)7-4-15-3-2-8(7)11(12,13)14/h2-5H,1H3,(H,16,17,18). The minimum atomic E-state index is -4.44. The van der Waals surface area contributed by atoms with Crippen LogP contribution >= 0.6 is 12.2 Å². The maximum atomic E-state index is 12.9. The number of hydrogen-bond acceptors (Lipinski definition) is 3. The summed E-state index contributed by atoms with van der Waals surface area (Å²) in [4.78, 5) is 10.2. The lowest BCUT2D eigenvalue weighted by molar-refractivity contribution is -0.137. The average molecular weight is 271 g/mol. The molecule has 0 amide bonds. The van der Waals surface area contributed by atoms with E-state index in [4.69, 9.17) is 12.2 Å². The third kappa shape index (κ3) is 2.26. The summed E-state index contributed by atoms with van der Waals surface area (Å²) in [5.74, 6) is 0. The van der Waals surface area contributed by atoms with Crippen molar-refractivity contribution in [3.05, 3.63) is 40.6 Å². The maximum Gasteiger partial charge on any atom is 0.417 e. The predicted molar refractivity (Wildman–Crippen MR) is 62.4 cm³/mol. The first-order valence-electron chi connectivity index (χ1n) is 4.97. The van der Waals surface area contributed by atoms with Crippen LogP contribution in [0.1, 0.15) is 11.1 Å². The van der Waals surface area contributed by atoms with Gasteiger partial charge in [-0.2, -0.15) is 13.2 Å². The molecule has 7 heteroatoms. The van der Waals surface area contributed by atoms with Crippen LogP contribution in [0, 0.1) is 11.6 Å². The topological polar surface area (TPSA) is 41.6 Å². The summed E-state index contributed by atoms with van der Waals surface area (Å²) in [6.45, 7) is 1.62. The van der Waals surface area contributed by atoms with Crippen LogP contribution in [-0.4, -0.2) is 15.0 Å². The lowest BCUT2D eigenvalue weighted by Crippen LogP contribution is -2.08. The highest BCUT2D eigenvalue weighted by molar-refractivity contribution is 7.71. The van der Waals surface area contributed by atoms with E-state index in [1.807, 2.05) is 0 Å². The van der Waals surface area contributed by atoms with Crippen LogP contribution in [0.5, 0.6) is 0 Å². The third-order valence-corrected chi connectivity index (χ3v) is 2.89. The molecule has 94 valence electrons. The second kappa shape index (κ2) is 4.49. The van der Waals surface area contributed by atoms with Crippen molar-refractivity contribution in [2.75, 3.05) is 0 Å². The van der Waals surface area contributed by atoms with Crippen molar-refractivity contribution >= 4 is 12.2 Å². The minimum absolute atomic E-state index is 0.0315. The zero-order valence-electron chi connectivity index (χ0n) is 9.25. The highest BCUT2D eigenvalue weighted by Crippen LogP contribution is 2.36. The fraction of sp³-hybridized carbons (Fsp3) is 0.182. The van der Waals surface area contributed by atoms with E-state index in [0.717, 1.165) is 18.5 Å². The number of rotatable bonds is 1. The molecule has 0 atom stereocenters. The largest absolute Gasteiger partial charge is 0.417 e. The summed E-state index contributed by atoms with van der Waals surface area (Å²) < 4.78 is 38.9. The number of aromatic amines is 1. The highest BCUT2D eigenvalue weighted by Gasteiger charge is 2.34. The van der Waals surface area contributed by atoms with E-state index >= 15 is 0 Å². The number of H-pyrrole nitrogens is 1. The molecule has 0 bridgehead atoms. The molecule has 1 N–H and O–H groups in total. The van der Waals surface area contributed by atoms with E-state index in [1.54, 1.807) is 6.92 Å². The third-order valence-electron chi connectivity index (χ3n) is 2.48. The minimum Gasteiger partial charge on any atom is -0.345 e. The molecule has 2 heterocycles. The number of aromatic nitrogens is 3. The van der Waals surface area contributed by atoms with Crippen molar-refractivity contribution in [3.63, 3.8) is 0 Å². The summed E-state index contributed by atoms with van der Waals surface area (Å²) in [7, 11) is 0. The fourth-order valence-electron chi connectivity index (χ4n) is 1.59. The summed E-state index contributed by atoms with van der Waals surface area (Å²) in [6.07, 6.45) is -0.894. The SMILES string of the molecule is Cc1c(-c2cnccc2C(F)(F)F)[nH]cnc1=S. The number of nitrogens with zero attached hydrogens (tertiary/aromatic N) is 2. The molecule has 0 saturated heterocycles. The summed E-state index contributed by atoms with van der Waals surface area (Å²) in [5, 5.41) is 0. The molecule has 0 saturated carbocycles. The van der Waals surface area contributed by atoms with Crippen LogP contribution in [0.3, 0.4) is 0 Å². The van der Waals surface area contributed by atoms with Crippen LogP contribution < -0.4 is 0 Å². The molecular weight excluding hydrogens is 263 g/mol. The lowest BCUT2D eigenvalue weighted by Gasteiger charge is -2.13. The van der Waals surface area contributed by atoms with Gasteiger partial charge < -0.3 is 4.98 Å². The normalized spacial score (nSPS) is 11.6. The first-order chi connectivity index (χ1) is 8.41. The Kier molecular flexibility index (Phi) is 3.16. The zero-order valence-corrected chi connectivity index (χ0v) is 10.1. The Balaban J connectivity index is 2.73. The Morgan fingerprint density at radius 2 is 2.06 bits per heavy atom. The summed E-state index contributed by atoms with van der Waals surface area (Å²) in [6, 6.07) is 0.937. The van der Waals surface area contributed by atoms with Crippen LogP contribution in [0.4, 0.5) is 13.2 Å². The van der Waals surface area contributed by atoms with Crippen molar-refractivity contribution in [2.45, 2.75) is 13.1 Å². The van der Waals surface area contributed by atoms with Gasteiger partial charge in [-0.1, -0.05) is 12.2 Å². The monoisotopic (exact) mass is 271 g/mol. The maximum absolute atomic E-state index is 12.9. The molecular formula is C11H8F3N3S. The quantitative estimate of drug-likeness (QED) is 0.807. The van der Waals surface area contributed by atoms with Crippen LogP contribution in [0.25, 0.3) is 11.3 Å². The number of hydrogen-bond donors (Lipinski definition) is 1. The molecule has 3 nitrogen and oxygen atoms in total. The number of nitrogens with one attached hydrogen (secondary N) is 1. The molecule has 2 aromatic rings. The molecule has 18 heavy (non-hydrogen) atoms. The van der Waals surface area contributed by atoms with Gasteiger partial charge in [-0.15, -0.1) is 0 Å². The molecule has 0 aromatic carbocycles. The second-order valence-electron chi connectivity index (χ2n) is 3.63. The van der Waals surface area contributed by atoms with Crippen molar-refractivity contribution in [1.82, 2.24) is 15.0 Å². The summed E-state index contributed by atoms with van der Waals surface area (Å²) in [5.41, 5.74) is -0.00475. The van der Waals surface area contributed by atoms with Gasteiger partial charge in [0.05, 0.1) is 17.6 Å². The van der Waals surface area contributed by atoms with Crippen molar-refractivity contribution in [1.29, 1.82) is 0 Å². The Hall–Kier alpha value is -1.76. The fourth-order valence-corrected chi connectivity index (χ4v) is 1.74. The van der Waals surface area contributed by atoms with Gasteiger partial charge >= 0.3 is 6.18 Å². The first kappa shape index (κ1) is 12.7. The van der Waals surface area contributed by atoms with Crippen molar-refractivity contribution in [3.8, 4) is 11.3 Å². The molecule has 0 spiro atoms. The first-order valence-corrected chi connectivity index (χ1v) is 5.38.